The maximum absolute atomic E-state index is 13.2. The molecule has 1 aromatic carbocycles. The van der Waals surface area contributed by atoms with E-state index in [1.807, 2.05) is 0 Å². The molecule has 1 nitrogen and oxygen atoms in total. The molecule has 1 rings (SSSR count). The average Bonchev–Trinajstić information content (AvgIpc) is 2.18. The van der Waals surface area contributed by atoms with Gasteiger partial charge in [-0.2, -0.15) is 0 Å². The van der Waals surface area contributed by atoms with Crippen molar-refractivity contribution in [2.24, 2.45) is 0 Å². The number of alkyl halides is 2. The zero-order valence-electron chi connectivity index (χ0n) is 7.40. The molecule has 0 unspecified atom stereocenters. The molecule has 0 aliphatic rings. The molecule has 0 heterocycles. The molecule has 0 N–H and O–H groups in total. The summed E-state index contributed by atoms with van der Waals surface area (Å²) >= 11 is 8.66. The van der Waals surface area contributed by atoms with Crippen LogP contribution in [0.2, 0.25) is 0 Å². The van der Waals surface area contributed by atoms with Gasteiger partial charge in [-0.25, -0.2) is 4.39 Å². The normalized spacial score (nSPS) is 10.2. The lowest BCUT2D eigenvalue weighted by Crippen LogP contribution is -2.06. The Morgan fingerprint density at radius 3 is 2.79 bits per heavy atom. The van der Waals surface area contributed by atoms with Crippen molar-refractivity contribution >= 4 is 33.3 Å². The lowest BCUT2D eigenvalue weighted by atomic mass is 10.0. The van der Waals surface area contributed by atoms with E-state index in [2.05, 4.69) is 15.9 Å². The maximum Gasteiger partial charge on any atom is 0.147 e. The molecule has 4 heteroatoms. The summed E-state index contributed by atoms with van der Waals surface area (Å²) in [4.78, 5) is 11.1. The molecule has 0 fully saturated rings. The van der Waals surface area contributed by atoms with Crippen LogP contribution in [-0.2, 0) is 17.1 Å². The van der Waals surface area contributed by atoms with Gasteiger partial charge in [0, 0.05) is 12.0 Å². The predicted octanol–water partition coefficient (Wildman–Crippen LogP) is 3.07. The number of carbonyl (C=O) groups excluding carboxylic acids is 1. The van der Waals surface area contributed by atoms with E-state index in [1.165, 1.54) is 6.07 Å². The van der Waals surface area contributed by atoms with Gasteiger partial charge in [0.25, 0.3) is 0 Å². The third kappa shape index (κ3) is 2.79. The number of benzene rings is 1. The minimum atomic E-state index is -0.347. The van der Waals surface area contributed by atoms with Gasteiger partial charge in [-0.15, -0.1) is 11.6 Å². The van der Waals surface area contributed by atoms with Crippen molar-refractivity contribution < 1.29 is 9.18 Å². The van der Waals surface area contributed by atoms with Gasteiger partial charge in [0.2, 0.25) is 0 Å². The highest BCUT2D eigenvalue weighted by Gasteiger charge is 2.09. The van der Waals surface area contributed by atoms with E-state index >= 15 is 0 Å². The Morgan fingerprint density at radius 2 is 2.21 bits per heavy atom. The van der Waals surface area contributed by atoms with E-state index in [4.69, 9.17) is 11.6 Å². The molecule has 76 valence electrons. The van der Waals surface area contributed by atoms with Crippen LogP contribution in [0.3, 0.4) is 0 Å². The smallest absolute Gasteiger partial charge is 0.147 e. The Bertz CT molecular complexity index is 341. The van der Waals surface area contributed by atoms with E-state index in [1.54, 1.807) is 12.1 Å². The second-order valence-electron chi connectivity index (χ2n) is 2.86. The molecule has 1 aromatic rings. The molecule has 0 bridgehead atoms. The minimum absolute atomic E-state index is 0.0157. The Morgan fingerprint density at radius 1 is 1.50 bits per heavy atom. The van der Waals surface area contributed by atoms with Crippen molar-refractivity contribution in [3.63, 3.8) is 0 Å². The third-order valence-electron chi connectivity index (χ3n) is 1.89. The number of hydrogen-bond donors (Lipinski definition) is 0. The fraction of sp³-hybridized carbons (Fsp3) is 0.300. The summed E-state index contributed by atoms with van der Waals surface area (Å²) in [5.41, 5.74) is 1.09. The largest absolute Gasteiger partial charge is 0.298 e. The molecule has 0 saturated carbocycles. The lowest BCUT2D eigenvalue weighted by Gasteiger charge is -2.06. The summed E-state index contributed by atoms with van der Waals surface area (Å²) in [5.74, 6) is -0.237. The van der Waals surface area contributed by atoms with Crippen molar-refractivity contribution in [2.75, 3.05) is 5.33 Å². The SMILES string of the molecule is O=C(CBr)Cc1cccc(F)c1CCl. The predicted molar refractivity (Wildman–Crippen MR) is 58.5 cm³/mol. The Labute approximate surface area is 95.4 Å². The fourth-order valence-corrected chi connectivity index (χ4v) is 1.68. The zero-order valence-corrected chi connectivity index (χ0v) is 9.74. The Balaban J connectivity index is 2.96. The Hall–Kier alpha value is -0.410. The first-order chi connectivity index (χ1) is 6.69. The first-order valence-corrected chi connectivity index (χ1v) is 5.74. The highest BCUT2D eigenvalue weighted by Crippen LogP contribution is 2.16. The summed E-state index contributed by atoms with van der Waals surface area (Å²) in [5, 5.41) is 0.283. The van der Waals surface area contributed by atoms with Crippen LogP contribution in [0.25, 0.3) is 0 Å². The number of carbonyl (C=O) groups is 1. The van der Waals surface area contributed by atoms with E-state index in [-0.39, 0.29) is 29.2 Å². The monoisotopic (exact) mass is 278 g/mol. The van der Waals surface area contributed by atoms with Crippen LogP contribution in [0.4, 0.5) is 4.39 Å². The molecule has 0 saturated heterocycles. The van der Waals surface area contributed by atoms with Crippen molar-refractivity contribution in [3.05, 3.63) is 35.1 Å². The molecular weight excluding hydrogens is 270 g/mol. The number of ketones is 1. The number of Topliss-reactive ketones (excluding diaryl/α,β-unsaturated/α-hetero) is 1. The first-order valence-electron chi connectivity index (χ1n) is 4.09. The second kappa shape index (κ2) is 5.47. The van der Waals surface area contributed by atoms with Gasteiger partial charge in [-0.1, -0.05) is 28.1 Å². The highest BCUT2D eigenvalue weighted by atomic mass is 79.9. The molecule has 0 aliphatic carbocycles. The van der Waals surface area contributed by atoms with Crippen LogP contribution in [-0.4, -0.2) is 11.1 Å². The molecular formula is C10H9BrClFO. The minimum Gasteiger partial charge on any atom is -0.298 e. The number of halogens is 3. The second-order valence-corrected chi connectivity index (χ2v) is 3.69. The average molecular weight is 280 g/mol. The van der Waals surface area contributed by atoms with Crippen LogP contribution >= 0.6 is 27.5 Å². The van der Waals surface area contributed by atoms with Crippen molar-refractivity contribution in [3.8, 4) is 0 Å². The van der Waals surface area contributed by atoms with Crippen molar-refractivity contribution in [1.29, 1.82) is 0 Å². The van der Waals surface area contributed by atoms with E-state index < -0.39 is 0 Å². The summed E-state index contributed by atoms with van der Waals surface area (Å²) in [7, 11) is 0. The van der Waals surface area contributed by atoms with Gasteiger partial charge in [0.05, 0.1) is 11.2 Å². The quantitative estimate of drug-likeness (QED) is 0.774. The van der Waals surface area contributed by atoms with Crippen LogP contribution in [0, 0.1) is 5.82 Å². The van der Waals surface area contributed by atoms with Crippen molar-refractivity contribution in [2.45, 2.75) is 12.3 Å². The summed E-state index contributed by atoms with van der Waals surface area (Å²) in [6.07, 6.45) is 0.227. The fourth-order valence-electron chi connectivity index (χ4n) is 1.18. The topological polar surface area (TPSA) is 17.1 Å². The molecule has 14 heavy (non-hydrogen) atoms. The molecule has 0 spiro atoms. The molecule has 0 radical (unpaired) electrons. The number of rotatable bonds is 4. The van der Waals surface area contributed by atoms with Crippen LogP contribution in [0.1, 0.15) is 11.1 Å². The molecule has 0 aliphatic heterocycles. The van der Waals surface area contributed by atoms with Crippen molar-refractivity contribution in [1.82, 2.24) is 0 Å². The van der Waals surface area contributed by atoms with Gasteiger partial charge >= 0.3 is 0 Å². The van der Waals surface area contributed by atoms with E-state index in [0.717, 1.165) is 0 Å². The van der Waals surface area contributed by atoms with E-state index in [9.17, 15) is 9.18 Å². The standard InChI is InChI=1S/C10H9BrClFO/c11-5-8(14)4-7-2-1-3-10(13)9(7)6-12/h1-3H,4-6H2. The van der Waals surface area contributed by atoms with Gasteiger partial charge in [0.15, 0.2) is 0 Å². The van der Waals surface area contributed by atoms with Crippen LogP contribution in [0.15, 0.2) is 18.2 Å². The van der Waals surface area contributed by atoms with Crippen LogP contribution < -0.4 is 0 Å². The highest BCUT2D eigenvalue weighted by molar-refractivity contribution is 9.09. The first kappa shape index (κ1) is 11.7. The summed E-state index contributed by atoms with van der Waals surface area (Å²) in [6, 6.07) is 4.66. The summed E-state index contributed by atoms with van der Waals surface area (Å²) in [6.45, 7) is 0. The lowest BCUT2D eigenvalue weighted by molar-refractivity contribution is -0.115. The van der Waals surface area contributed by atoms with Gasteiger partial charge in [-0.05, 0) is 11.6 Å². The Kier molecular flexibility index (Phi) is 4.55. The van der Waals surface area contributed by atoms with Gasteiger partial charge in [-0.3, -0.25) is 4.79 Å². The van der Waals surface area contributed by atoms with E-state index in [0.29, 0.717) is 11.1 Å². The zero-order chi connectivity index (χ0) is 10.6. The maximum atomic E-state index is 13.2. The molecule has 0 atom stereocenters. The third-order valence-corrected chi connectivity index (χ3v) is 2.78. The van der Waals surface area contributed by atoms with Gasteiger partial charge in [0.1, 0.15) is 11.6 Å². The van der Waals surface area contributed by atoms with Crippen LogP contribution in [0.5, 0.6) is 0 Å². The van der Waals surface area contributed by atoms with Gasteiger partial charge < -0.3 is 0 Å². The summed E-state index contributed by atoms with van der Waals surface area (Å²) < 4.78 is 13.2. The molecule has 0 amide bonds. The number of hydrogen-bond acceptors (Lipinski definition) is 1. The molecule has 0 aromatic heterocycles.